The van der Waals surface area contributed by atoms with Crippen LogP contribution in [0.2, 0.25) is 0 Å². The molecule has 0 saturated carbocycles. The van der Waals surface area contributed by atoms with Crippen molar-refractivity contribution in [2.45, 2.75) is 39.5 Å². The molecule has 130 valence electrons. The van der Waals surface area contributed by atoms with E-state index in [0.717, 1.165) is 5.69 Å². The van der Waals surface area contributed by atoms with E-state index in [1.165, 1.54) is 63.0 Å². The van der Waals surface area contributed by atoms with Crippen LogP contribution in [0.1, 0.15) is 34.4 Å². The molecule has 0 N–H and O–H groups in total. The summed E-state index contributed by atoms with van der Waals surface area (Å²) >= 11 is 3.71. The van der Waals surface area contributed by atoms with Crippen molar-refractivity contribution in [2.24, 2.45) is 0 Å². The standard InChI is InChI=1S/C23H21NS2/c1-14-7-5-8-16(13-14)20-15(2)22(19-11-6-12-25-19)24-23-21(20)17-9-3-4-10-18(17)26-23/h5-8,11-13H,3-4,9-10H2,1-2H3. The van der Waals surface area contributed by atoms with Crippen LogP contribution in [0.25, 0.3) is 31.9 Å². The third kappa shape index (κ3) is 2.53. The number of thiophene rings is 2. The third-order valence-corrected chi connectivity index (χ3v) is 7.47. The van der Waals surface area contributed by atoms with Crippen LogP contribution < -0.4 is 0 Å². The first-order chi connectivity index (χ1) is 12.7. The first-order valence-electron chi connectivity index (χ1n) is 9.28. The molecule has 0 bridgehead atoms. The summed E-state index contributed by atoms with van der Waals surface area (Å²) < 4.78 is 0. The van der Waals surface area contributed by atoms with Gasteiger partial charge >= 0.3 is 0 Å². The van der Waals surface area contributed by atoms with Gasteiger partial charge in [-0.3, -0.25) is 0 Å². The van der Waals surface area contributed by atoms with Crippen LogP contribution in [-0.4, -0.2) is 4.98 Å². The van der Waals surface area contributed by atoms with E-state index < -0.39 is 0 Å². The molecular weight excluding hydrogens is 354 g/mol. The fourth-order valence-corrected chi connectivity index (χ4v) is 6.24. The predicted octanol–water partition coefficient (Wildman–Crippen LogP) is 7.19. The maximum atomic E-state index is 5.16. The molecular formula is C23H21NS2. The highest BCUT2D eigenvalue weighted by Gasteiger charge is 2.23. The quantitative estimate of drug-likeness (QED) is 0.361. The fraction of sp³-hybridized carbons (Fsp3) is 0.261. The van der Waals surface area contributed by atoms with E-state index in [-0.39, 0.29) is 0 Å². The minimum atomic E-state index is 1.16. The maximum Gasteiger partial charge on any atom is 0.125 e. The lowest BCUT2D eigenvalue weighted by molar-refractivity contribution is 0.700. The van der Waals surface area contributed by atoms with E-state index in [2.05, 4.69) is 55.6 Å². The molecule has 5 rings (SSSR count). The molecule has 1 nitrogen and oxygen atoms in total. The molecule has 0 aliphatic heterocycles. The minimum Gasteiger partial charge on any atom is -0.236 e. The van der Waals surface area contributed by atoms with E-state index in [9.17, 15) is 0 Å². The smallest absolute Gasteiger partial charge is 0.125 e. The van der Waals surface area contributed by atoms with Gasteiger partial charge in [-0.25, -0.2) is 4.98 Å². The Labute approximate surface area is 162 Å². The SMILES string of the molecule is Cc1cccc(-c2c(C)c(-c3cccs3)nc3sc4c(c23)CCCC4)c1. The number of hydrogen-bond donors (Lipinski definition) is 0. The number of benzene rings is 1. The summed E-state index contributed by atoms with van der Waals surface area (Å²) in [5.41, 5.74) is 8.09. The van der Waals surface area contributed by atoms with E-state index >= 15 is 0 Å². The van der Waals surface area contributed by atoms with Gasteiger partial charge in [-0.15, -0.1) is 22.7 Å². The van der Waals surface area contributed by atoms with Crippen molar-refractivity contribution in [2.75, 3.05) is 0 Å². The molecule has 0 atom stereocenters. The van der Waals surface area contributed by atoms with Crippen molar-refractivity contribution in [3.05, 3.63) is 63.3 Å². The predicted molar refractivity (Wildman–Crippen MR) is 114 cm³/mol. The number of aryl methyl sites for hydroxylation is 3. The van der Waals surface area contributed by atoms with Gasteiger partial charge in [0.1, 0.15) is 4.83 Å². The van der Waals surface area contributed by atoms with Gasteiger partial charge in [0, 0.05) is 10.3 Å². The maximum absolute atomic E-state index is 5.16. The normalized spacial score (nSPS) is 13.9. The van der Waals surface area contributed by atoms with E-state index in [4.69, 9.17) is 4.98 Å². The zero-order valence-corrected chi connectivity index (χ0v) is 16.8. The van der Waals surface area contributed by atoms with Crippen LogP contribution in [0.4, 0.5) is 0 Å². The Morgan fingerprint density at radius 2 is 1.88 bits per heavy atom. The summed E-state index contributed by atoms with van der Waals surface area (Å²) in [6, 6.07) is 13.3. The molecule has 3 heteroatoms. The molecule has 26 heavy (non-hydrogen) atoms. The van der Waals surface area contributed by atoms with E-state index in [0.29, 0.717) is 0 Å². The average Bonchev–Trinajstić information content (AvgIpc) is 3.29. The molecule has 0 amide bonds. The summed E-state index contributed by atoms with van der Waals surface area (Å²) in [5, 5.41) is 3.57. The molecule has 0 fully saturated rings. The average molecular weight is 376 g/mol. The Morgan fingerprint density at radius 3 is 2.69 bits per heavy atom. The van der Waals surface area contributed by atoms with Crippen molar-refractivity contribution < 1.29 is 0 Å². The molecule has 1 aromatic carbocycles. The van der Waals surface area contributed by atoms with Gasteiger partial charge in [0.25, 0.3) is 0 Å². The van der Waals surface area contributed by atoms with Crippen LogP contribution in [0, 0.1) is 13.8 Å². The van der Waals surface area contributed by atoms with Gasteiger partial charge < -0.3 is 0 Å². The number of aromatic nitrogens is 1. The molecule has 3 heterocycles. The number of pyridine rings is 1. The molecule has 4 aromatic rings. The van der Waals surface area contributed by atoms with Crippen molar-refractivity contribution in [3.63, 3.8) is 0 Å². The van der Waals surface area contributed by atoms with Gasteiger partial charge in [-0.1, -0.05) is 35.9 Å². The molecule has 0 radical (unpaired) electrons. The summed E-state index contributed by atoms with van der Waals surface area (Å²) in [7, 11) is 0. The summed E-state index contributed by atoms with van der Waals surface area (Å²) in [5.74, 6) is 0. The molecule has 0 saturated heterocycles. The zero-order chi connectivity index (χ0) is 17.7. The van der Waals surface area contributed by atoms with E-state index in [1.807, 2.05) is 11.3 Å². The third-order valence-electron chi connectivity index (χ3n) is 5.41. The fourth-order valence-electron chi connectivity index (χ4n) is 4.19. The van der Waals surface area contributed by atoms with Gasteiger partial charge in [0.15, 0.2) is 0 Å². The number of rotatable bonds is 2. The lowest BCUT2D eigenvalue weighted by Crippen LogP contribution is -2.00. The molecule has 3 aromatic heterocycles. The zero-order valence-electron chi connectivity index (χ0n) is 15.1. The van der Waals surface area contributed by atoms with Crippen molar-refractivity contribution in [1.29, 1.82) is 0 Å². The second-order valence-corrected chi connectivity index (χ2v) is 9.23. The lowest BCUT2D eigenvalue weighted by atomic mass is 9.89. The van der Waals surface area contributed by atoms with Crippen LogP contribution in [0.3, 0.4) is 0 Å². The highest BCUT2D eigenvalue weighted by Crippen LogP contribution is 2.45. The molecule has 1 aliphatic rings. The largest absolute Gasteiger partial charge is 0.236 e. The molecule has 1 aliphatic carbocycles. The van der Waals surface area contributed by atoms with Gasteiger partial charge in [0.2, 0.25) is 0 Å². The Morgan fingerprint density at radius 1 is 1.00 bits per heavy atom. The first kappa shape index (κ1) is 16.2. The van der Waals surface area contributed by atoms with Gasteiger partial charge in [0.05, 0.1) is 10.6 Å². The lowest BCUT2D eigenvalue weighted by Gasteiger charge is -2.16. The number of fused-ring (bicyclic) bond motifs is 3. The number of hydrogen-bond acceptors (Lipinski definition) is 3. The monoisotopic (exact) mass is 375 g/mol. The highest BCUT2D eigenvalue weighted by atomic mass is 32.1. The Hall–Kier alpha value is -1.97. The Bertz CT molecular complexity index is 1100. The van der Waals surface area contributed by atoms with Crippen molar-refractivity contribution in [3.8, 4) is 21.7 Å². The van der Waals surface area contributed by atoms with Crippen LogP contribution in [0.5, 0.6) is 0 Å². The van der Waals surface area contributed by atoms with Crippen LogP contribution >= 0.6 is 22.7 Å². The summed E-state index contributed by atoms with van der Waals surface area (Å²) in [6.07, 6.45) is 5.04. The minimum absolute atomic E-state index is 1.16. The summed E-state index contributed by atoms with van der Waals surface area (Å²) in [6.45, 7) is 4.44. The second kappa shape index (κ2) is 6.33. The Kier molecular flexibility index (Phi) is 3.95. The number of nitrogens with zero attached hydrogens (tertiary/aromatic N) is 1. The van der Waals surface area contributed by atoms with Crippen LogP contribution in [0.15, 0.2) is 41.8 Å². The topological polar surface area (TPSA) is 12.9 Å². The van der Waals surface area contributed by atoms with Crippen molar-refractivity contribution in [1.82, 2.24) is 4.98 Å². The van der Waals surface area contributed by atoms with E-state index in [1.54, 1.807) is 21.8 Å². The first-order valence-corrected chi connectivity index (χ1v) is 11.0. The van der Waals surface area contributed by atoms with Gasteiger partial charge in [-0.05, 0) is 73.2 Å². The molecule has 0 spiro atoms. The van der Waals surface area contributed by atoms with Gasteiger partial charge in [-0.2, -0.15) is 0 Å². The highest BCUT2D eigenvalue weighted by molar-refractivity contribution is 7.19. The Balaban J connectivity index is 1.90. The molecule has 0 unspecified atom stereocenters. The van der Waals surface area contributed by atoms with Crippen molar-refractivity contribution >= 4 is 32.9 Å². The summed E-state index contributed by atoms with van der Waals surface area (Å²) in [4.78, 5) is 9.22. The van der Waals surface area contributed by atoms with Crippen LogP contribution in [-0.2, 0) is 12.8 Å². The second-order valence-electron chi connectivity index (χ2n) is 7.20.